The van der Waals surface area contributed by atoms with Gasteiger partial charge < -0.3 is 14.2 Å². The van der Waals surface area contributed by atoms with Crippen LogP contribution in [-0.2, 0) is 14.8 Å². The summed E-state index contributed by atoms with van der Waals surface area (Å²) in [7, 11) is 0.363. The Bertz CT molecular complexity index is 1540. The molecule has 0 aliphatic heterocycles. The molecule has 1 N–H and O–H groups in total. The van der Waals surface area contributed by atoms with E-state index in [0.29, 0.717) is 33.9 Å². The number of para-hydroxylation sites is 1. The first-order valence-corrected chi connectivity index (χ1v) is 14.7. The predicted octanol–water partition coefficient (Wildman–Crippen LogP) is 3.90. The molecule has 14 heteroatoms. The lowest BCUT2D eigenvalue weighted by molar-refractivity contribution is 0.0949. The number of methoxy groups -OCH3 is 3. The van der Waals surface area contributed by atoms with Crippen LogP contribution in [0.1, 0.15) is 48.9 Å². The molecule has 1 aliphatic rings. The van der Waals surface area contributed by atoms with Gasteiger partial charge in [0.1, 0.15) is 28.5 Å². The number of hydrogen-bond donors (Lipinski definition) is 1. The van der Waals surface area contributed by atoms with Crippen LogP contribution in [-0.4, -0.2) is 64.7 Å². The summed E-state index contributed by atoms with van der Waals surface area (Å²) in [5.74, 6) is 1.87. The number of ether oxygens (including phenoxy) is 3. The van der Waals surface area contributed by atoms with Crippen molar-refractivity contribution in [3.63, 3.8) is 0 Å². The average molecular weight is 572 g/mol. The number of anilines is 1. The standard InChI is InChI=1S/C25H29N7O5S2/c1-14-11-26-22(27-12-14)21(37-5)15(2)39(33,34)31-25-30-29-23(24-28-17(13-38-24)16-9-10-16)32(25)20-18(35-3)7-6-8-19(20)36-4/h6-8,11-13,15-16,21H,9-10H2,1-5H3,(H,30,31)/t15-,21-/m0/s1. The van der Waals surface area contributed by atoms with Crippen molar-refractivity contribution >= 4 is 27.3 Å². The molecule has 1 aromatic carbocycles. The number of aryl methyl sites for hydroxylation is 1. The fraction of sp³-hybridized carbons (Fsp3) is 0.400. The molecular formula is C25H29N7O5S2. The third kappa shape index (κ3) is 5.31. The number of aromatic nitrogens is 6. The first-order chi connectivity index (χ1) is 18.8. The number of hydrogen-bond acceptors (Lipinski definition) is 11. The second kappa shape index (κ2) is 10.9. The highest BCUT2D eigenvalue weighted by atomic mass is 32.2. The van der Waals surface area contributed by atoms with Crippen LogP contribution in [0, 0.1) is 6.92 Å². The topological polar surface area (TPSA) is 143 Å². The molecule has 0 radical (unpaired) electrons. The normalized spacial score (nSPS) is 15.1. The second-order valence-electron chi connectivity index (χ2n) is 9.17. The molecule has 1 fully saturated rings. The SMILES string of the molecule is COc1cccc(OC)c1-n1c(NS(=O)(=O)[C@@H](C)[C@H](OC)c2ncc(C)cn2)nnc1-c1nc(C2CC2)cs1. The molecule has 5 rings (SSSR count). The van der Waals surface area contributed by atoms with E-state index in [4.69, 9.17) is 19.2 Å². The van der Waals surface area contributed by atoms with Gasteiger partial charge in [0.25, 0.3) is 0 Å². The number of nitrogens with zero attached hydrogens (tertiary/aromatic N) is 6. The van der Waals surface area contributed by atoms with Gasteiger partial charge in [0.15, 0.2) is 16.7 Å². The Morgan fingerprint density at radius 1 is 1.08 bits per heavy atom. The van der Waals surface area contributed by atoms with Gasteiger partial charge in [-0.1, -0.05) is 6.07 Å². The van der Waals surface area contributed by atoms with Crippen molar-refractivity contribution in [2.24, 2.45) is 0 Å². The van der Waals surface area contributed by atoms with E-state index in [0.717, 1.165) is 24.1 Å². The van der Waals surface area contributed by atoms with Gasteiger partial charge in [-0.2, -0.15) is 0 Å². The van der Waals surface area contributed by atoms with Crippen LogP contribution in [0.3, 0.4) is 0 Å². The lowest BCUT2D eigenvalue weighted by Crippen LogP contribution is -2.33. The van der Waals surface area contributed by atoms with E-state index in [2.05, 4.69) is 24.9 Å². The van der Waals surface area contributed by atoms with Crippen LogP contribution >= 0.6 is 11.3 Å². The Labute approximate surface area is 230 Å². The van der Waals surface area contributed by atoms with Gasteiger partial charge in [-0.25, -0.2) is 23.4 Å². The fourth-order valence-corrected chi connectivity index (χ4v) is 6.15. The van der Waals surface area contributed by atoms with Crippen molar-refractivity contribution in [2.45, 2.75) is 44.0 Å². The number of nitrogens with one attached hydrogen (secondary N) is 1. The van der Waals surface area contributed by atoms with Crippen molar-refractivity contribution in [2.75, 3.05) is 26.1 Å². The summed E-state index contributed by atoms with van der Waals surface area (Å²) in [6, 6.07) is 5.27. The zero-order valence-corrected chi connectivity index (χ0v) is 23.8. The Morgan fingerprint density at radius 2 is 1.74 bits per heavy atom. The highest BCUT2D eigenvalue weighted by molar-refractivity contribution is 7.93. The number of benzene rings is 1. The van der Waals surface area contributed by atoms with Gasteiger partial charge in [-0.15, -0.1) is 21.5 Å². The van der Waals surface area contributed by atoms with Gasteiger partial charge in [0.2, 0.25) is 16.0 Å². The third-order valence-corrected chi connectivity index (χ3v) is 9.01. The zero-order chi connectivity index (χ0) is 27.7. The molecule has 12 nitrogen and oxygen atoms in total. The van der Waals surface area contributed by atoms with Crippen LogP contribution in [0.4, 0.5) is 5.95 Å². The number of rotatable bonds is 11. The van der Waals surface area contributed by atoms with E-state index in [1.54, 1.807) is 35.2 Å². The molecule has 0 spiro atoms. The minimum absolute atomic E-state index is 0.0532. The second-order valence-corrected chi connectivity index (χ2v) is 12.1. The Hall–Kier alpha value is -3.62. The van der Waals surface area contributed by atoms with E-state index < -0.39 is 21.4 Å². The summed E-state index contributed by atoms with van der Waals surface area (Å²) in [4.78, 5) is 13.3. The molecule has 39 heavy (non-hydrogen) atoms. The first-order valence-electron chi connectivity index (χ1n) is 12.2. The van der Waals surface area contributed by atoms with Gasteiger partial charge >= 0.3 is 0 Å². The summed E-state index contributed by atoms with van der Waals surface area (Å²) in [6.45, 7) is 3.37. The lowest BCUT2D eigenvalue weighted by atomic mass is 10.2. The summed E-state index contributed by atoms with van der Waals surface area (Å²) in [5, 5.41) is 10.1. The molecule has 3 heterocycles. The van der Waals surface area contributed by atoms with Gasteiger partial charge in [-0.3, -0.25) is 9.29 Å². The molecule has 0 saturated heterocycles. The highest BCUT2D eigenvalue weighted by Gasteiger charge is 2.35. The number of sulfonamides is 1. The molecular weight excluding hydrogens is 542 g/mol. The van der Waals surface area contributed by atoms with E-state index in [1.807, 2.05) is 12.3 Å². The zero-order valence-electron chi connectivity index (χ0n) is 22.2. The van der Waals surface area contributed by atoms with Gasteiger partial charge in [-0.05, 0) is 44.4 Å². The quantitative estimate of drug-likeness (QED) is 0.281. The van der Waals surface area contributed by atoms with Crippen molar-refractivity contribution in [3.8, 4) is 28.0 Å². The summed E-state index contributed by atoms with van der Waals surface area (Å²) < 4.78 is 48.3. The van der Waals surface area contributed by atoms with Crippen molar-refractivity contribution in [3.05, 3.63) is 53.1 Å². The van der Waals surface area contributed by atoms with E-state index in [1.165, 1.54) is 39.6 Å². The summed E-state index contributed by atoms with van der Waals surface area (Å²) >= 11 is 1.42. The number of thiazole rings is 1. The predicted molar refractivity (Wildman–Crippen MR) is 146 cm³/mol. The maximum atomic E-state index is 13.7. The maximum absolute atomic E-state index is 13.7. The van der Waals surface area contributed by atoms with Crippen molar-refractivity contribution < 1.29 is 22.6 Å². The first kappa shape index (κ1) is 27.0. The van der Waals surface area contributed by atoms with Gasteiger partial charge in [0, 0.05) is 30.8 Å². The molecule has 1 aliphatic carbocycles. The highest BCUT2D eigenvalue weighted by Crippen LogP contribution is 2.43. The molecule has 4 aromatic rings. The van der Waals surface area contributed by atoms with E-state index >= 15 is 0 Å². The third-order valence-electron chi connectivity index (χ3n) is 6.46. The molecule has 1 saturated carbocycles. The average Bonchev–Trinajstić information content (AvgIpc) is 3.53. The summed E-state index contributed by atoms with van der Waals surface area (Å²) in [5.41, 5.74) is 2.27. The van der Waals surface area contributed by atoms with Crippen molar-refractivity contribution in [1.29, 1.82) is 0 Å². The minimum Gasteiger partial charge on any atom is -0.494 e. The maximum Gasteiger partial charge on any atom is 0.243 e. The monoisotopic (exact) mass is 571 g/mol. The Balaban J connectivity index is 1.59. The molecule has 3 aromatic heterocycles. The largest absolute Gasteiger partial charge is 0.494 e. The fourth-order valence-electron chi connectivity index (χ4n) is 4.15. The van der Waals surface area contributed by atoms with Gasteiger partial charge in [0.05, 0.1) is 19.9 Å². The molecule has 0 amide bonds. The van der Waals surface area contributed by atoms with Crippen LogP contribution in [0.2, 0.25) is 0 Å². The van der Waals surface area contributed by atoms with Crippen LogP contribution in [0.15, 0.2) is 36.0 Å². The smallest absolute Gasteiger partial charge is 0.243 e. The van der Waals surface area contributed by atoms with E-state index in [9.17, 15) is 8.42 Å². The molecule has 0 unspecified atom stereocenters. The molecule has 2 atom stereocenters. The van der Waals surface area contributed by atoms with E-state index in [-0.39, 0.29) is 11.8 Å². The van der Waals surface area contributed by atoms with Crippen molar-refractivity contribution in [1.82, 2.24) is 29.7 Å². The Morgan fingerprint density at radius 3 is 2.33 bits per heavy atom. The Kier molecular flexibility index (Phi) is 7.51. The van der Waals surface area contributed by atoms with Crippen LogP contribution in [0.5, 0.6) is 11.5 Å². The minimum atomic E-state index is -4.10. The summed E-state index contributed by atoms with van der Waals surface area (Å²) in [6.07, 6.45) is 4.50. The van der Waals surface area contributed by atoms with Crippen LogP contribution < -0.4 is 14.2 Å². The molecule has 206 valence electrons. The van der Waals surface area contributed by atoms with Crippen LogP contribution in [0.25, 0.3) is 16.5 Å². The lowest BCUT2D eigenvalue weighted by Gasteiger charge is -2.22. The molecule has 0 bridgehead atoms.